The molecule has 19 nitrogen and oxygen atoms in total. The van der Waals surface area contributed by atoms with Crippen LogP contribution >= 0.6 is 0 Å². The highest BCUT2D eigenvalue weighted by Crippen LogP contribution is 2.75. The lowest BCUT2D eigenvalue weighted by molar-refractivity contribution is -0.361. The summed E-state index contributed by atoms with van der Waals surface area (Å²) >= 11 is 0. The molecule has 0 bridgehead atoms. The van der Waals surface area contributed by atoms with Gasteiger partial charge >= 0.3 is 0 Å². The molecular weight excluding hydrogens is 953 g/mol. The number of ether oxygens (including phenoxy) is 8. The van der Waals surface area contributed by atoms with E-state index in [1.54, 1.807) is 13.8 Å². The van der Waals surface area contributed by atoms with Gasteiger partial charge in [-0.2, -0.15) is 0 Å². The lowest BCUT2D eigenvalue weighted by Gasteiger charge is -2.66. The summed E-state index contributed by atoms with van der Waals surface area (Å²) in [6, 6.07) is 0. The molecule has 0 aromatic rings. The summed E-state index contributed by atoms with van der Waals surface area (Å²) < 4.78 is 49.1. The number of aliphatic hydroxyl groups is 11. The first-order valence-corrected chi connectivity index (χ1v) is 27.5. The van der Waals surface area contributed by atoms with Crippen LogP contribution in [0.5, 0.6) is 0 Å². The average molecular weight is 1050 g/mol. The van der Waals surface area contributed by atoms with Gasteiger partial charge in [0, 0.05) is 31.1 Å². The van der Waals surface area contributed by atoms with Gasteiger partial charge in [0.25, 0.3) is 0 Å². The molecule has 19 heteroatoms. The predicted octanol–water partition coefficient (Wildman–Crippen LogP) is 1.91. The van der Waals surface area contributed by atoms with Gasteiger partial charge in [0.05, 0.1) is 74.8 Å². The molecule has 3 unspecified atom stereocenters. The third-order valence-corrected chi connectivity index (χ3v) is 20.2. The first-order chi connectivity index (χ1) is 34.3. The van der Waals surface area contributed by atoms with Gasteiger partial charge in [-0.05, 0) is 112 Å². The van der Waals surface area contributed by atoms with Crippen molar-refractivity contribution in [1.82, 2.24) is 0 Å². The van der Waals surface area contributed by atoms with Crippen molar-refractivity contribution in [2.24, 2.45) is 45.3 Å². The van der Waals surface area contributed by atoms with Crippen LogP contribution in [0.25, 0.3) is 0 Å². The van der Waals surface area contributed by atoms with Crippen molar-refractivity contribution in [3.63, 3.8) is 0 Å². The molecule has 4 saturated heterocycles. The van der Waals surface area contributed by atoms with E-state index in [1.165, 1.54) is 5.57 Å². The Kier molecular flexibility index (Phi) is 18.0. The van der Waals surface area contributed by atoms with E-state index in [0.717, 1.165) is 51.4 Å². The minimum Gasteiger partial charge on any atom is -0.394 e. The Labute approximate surface area is 431 Å². The molecule has 11 N–H and O–H groups in total. The van der Waals surface area contributed by atoms with Gasteiger partial charge in [0.1, 0.15) is 42.7 Å². The highest BCUT2D eigenvalue weighted by atomic mass is 16.8. The average Bonchev–Trinajstić information content (AvgIpc) is 3.61. The van der Waals surface area contributed by atoms with E-state index in [2.05, 4.69) is 47.6 Å². The van der Waals surface area contributed by atoms with E-state index in [-0.39, 0.29) is 66.0 Å². The van der Waals surface area contributed by atoms with Crippen LogP contribution in [0.15, 0.2) is 11.6 Å². The van der Waals surface area contributed by atoms with Gasteiger partial charge in [-0.15, -0.1) is 0 Å². The lowest BCUT2D eigenvalue weighted by Crippen LogP contribution is -2.59. The largest absolute Gasteiger partial charge is 0.394 e. The standard InChI is InChI=1S/C54H92O19/c1-27(29-15-16-54(8)40-12-10-30-31(11-13-41(63)50(30,2)3)52(40,6)17-18-53(29,54)7)9-14-42(51(4,5)65)71-49-47(34(60)19-28(67-49)26-66-48-36(62)20-32(58)37(23-55)70-48)73-44-22-35(61)46(39(25-57)69-44)72-43-21-33(59)45(64)38(24-56)68-43/h10,27-29,31-49,55-65H,9,11-26H2,1-8H3/t27-,28+,29?,31?,32+,33-,34+,35-,36-,37-,38-,39-,40?,41+,42-,43-,44+,45+,46+,47-,48+,49+,52+,53-,54+/m1/s1. The molecule has 3 saturated carbocycles. The molecule has 25 atom stereocenters. The van der Waals surface area contributed by atoms with Crippen LogP contribution in [0, 0.1) is 45.3 Å². The summed E-state index contributed by atoms with van der Waals surface area (Å²) in [5.41, 5.74) is 0.194. The zero-order valence-corrected chi connectivity index (χ0v) is 44.5. The van der Waals surface area contributed by atoms with E-state index in [1.807, 2.05) is 0 Å². The molecule has 422 valence electrons. The first kappa shape index (κ1) is 58.1. The van der Waals surface area contributed by atoms with Crippen molar-refractivity contribution < 1.29 is 94.1 Å². The van der Waals surface area contributed by atoms with Gasteiger partial charge < -0.3 is 94.1 Å². The fourth-order valence-corrected chi connectivity index (χ4v) is 15.5. The Morgan fingerprint density at radius 2 is 1.30 bits per heavy atom. The van der Waals surface area contributed by atoms with Crippen LogP contribution < -0.4 is 0 Å². The Hall–Kier alpha value is -1.02. The maximum absolute atomic E-state index is 11.9. The van der Waals surface area contributed by atoms with Crippen LogP contribution in [0.4, 0.5) is 0 Å². The summed E-state index contributed by atoms with van der Waals surface area (Å²) in [5.74, 6) is 1.69. The normalized spacial score (nSPS) is 49.0. The minimum atomic E-state index is -1.40. The number of fused-ring (bicyclic) bond motifs is 5. The molecule has 0 aromatic heterocycles. The Balaban J connectivity index is 0.968. The summed E-state index contributed by atoms with van der Waals surface area (Å²) in [4.78, 5) is 0. The molecule has 0 amide bonds. The molecule has 4 heterocycles. The number of rotatable bonds is 17. The van der Waals surface area contributed by atoms with E-state index < -0.39 is 130 Å². The van der Waals surface area contributed by atoms with E-state index in [4.69, 9.17) is 37.9 Å². The first-order valence-electron chi connectivity index (χ1n) is 27.5. The number of aliphatic hydroxyl groups excluding tert-OH is 10. The van der Waals surface area contributed by atoms with Crippen molar-refractivity contribution >= 4 is 0 Å². The van der Waals surface area contributed by atoms with E-state index in [0.29, 0.717) is 24.2 Å². The van der Waals surface area contributed by atoms with Crippen molar-refractivity contribution in [2.75, 3.05) is 26.4 Å². The minimum absolute atomic E-state index is 0.0517. The maximum atomic E-state index is 11.9. The fourth-order valence-electron chi connectivity index (χ4n) is 15.5. The van der Waals surface area contributed by atoms with E-state index >= 15 is 0 Å². The Morgan fingerprint density at radius 3 is 1.97 bits per heavy atom. The van der Waals surface area contributed by atoms with Gasteiger partial charge in [0.15, 0.2) is 25.2 Å². The van der Waals surface area contributed by atoms with Crippen LogP contribution in [-0.2, 0) is 37.9 Å². The predicted molar refractivity (Wildman–Crippen MR) is 261 cm³/mol. The molecule has 0 spiro atoms. The van der Waals surface area contributed by atoms with Crippen molar-refractivity contribution in [1.29, 1.82) is 0 Å². The second-order valence-corrected chi connectivity index (χ2v) is 25.4. The molecular formula is C54H92O19. The van der Waals surface area contributed by atoms with Gasteiger partial charge in [0.2, 0.25) is 0 Å². The summed E-state index contributed by atoms with van der Waals surface area (Å²) in [6.07, 6.45) is -9.63. The van der Waals surface area contributed by atoms with Crippen LogP contribution in [0.1, 0.15) is 139 Å². The maximum Gasteiger partial charge on any atom is 0.187 e. The third-order valence-electron chi connectivity index (χ3n) is 20.2. The van der Waals surface area contributed by atoms with Crippen LogP contribution in [0.3, 0.4) is 0 Å². The number of allylic oxidation sites excluding steroid dienone is 1. The second kappa shape index (κ2) is 22.6. The van der Waals surface area contributed by atoms with Crippen LogP contribution in [-0.4, -0.2) is 199 Å². The second-order valence-electron chi connectivity index (χ2n) is 25.4. The number of hydrogen-bond donors (Lipinski definition) is 11. The van der Waals surface area contributed by atoms with Crippen molar-refractivity contribution in [3.8, 4) is 0 Å². The lowest BCUT2D eigenvalue weighted by atomic mass is 9.39. The Morgan fingerprint density at radius 1 is 0.658 bits per heavy atom. The summed E-state index contributed by atoms with van der Waals surface area (Å²) in [7, 11) is 0. The van der Waals surface area contributed by atoms with Crippen molar-refractivity contribution in [2.45, 2.75) is 255 Å². The molecule has 0 radical (unpaired) electrons. The summed E-state index contributed by atoms with van der Waals surface area (Å²) in [5, 5.41) is 118. The van der Waals surface area contributed by atoms with E-state index in [9.17, 15) is 56.2 Å². The molecule has 73 heavy (non-hydrogen) atoms. The van der Waals surface area contributed by atoms with Gasteiger partial charge in [-0.1, -0.05) is 53.2 Å². The SMILES string of the molecule is C[C@H](CC[C@@H](O[C@@H]1O[C@H](CO[C@H]2O[C@H](CO)[C@@H](O)C[C@H]2O)C[C@H](O)[C@H]1O[C@H]1C[C@@H](O)[C@H](O[C@@H]2C[C@@H](O)[C@H](O)[C@@H](CO)O2)[C@@H](CO)O1)C(C)(C)O)C1CC[C@@]2(C)C3CC=C4C(CC[C@H](O)C4(C)C)[C@]3(C)CC[C@]12C. The number of hydrogen-bond acceptors (Lipinski definition) is 19. The fraction of sp³-hybridized carbons (Fsp3) is 0.963. The zero-order chi connectivity index (χ0) is 53.2. The quantitative estimate of drug-likeness (QED) is 0.0928. The molecule has 8 aliphatic rings. The van der Waals surface area contributed by atoms with Crippen LogP contribution in [0.2, 0.25) is 0 Å². The monoisotopic (exact) mass is 1040 g/mol. The molecule has 4 aliphatic heterocycles. The molecule has 4 aliphatic carbocycles. The highest BCUT2D eigenvalue weighted by molar-refractivity contribution is 5.30. The van der Waals surface area contributed by atoms with Gasteiger partial charge in [-0.3, -0.25) is 0 Å². The smallest absolute Gasteiger partial charge is 0.187 e. The molecule has 7 fully saturated rings. The topological polar surface area (TPSA) is 296 Å². The highest BCUT2D eigenvalue weighted by Gasteiger charge is 2.67. The van der Waals surface area contributed by atoms with Gasteiger partial charge in [-0.25, -0.2) is 0 Å². The molecule has 8 rings (SSSR count). The summed E-state index contributed by atoms with van der Waals surface area (Å²) in [6.45, 7) is 15.8. The Bertz CT molecular complexity index is 1850. The molecule has 0 aromatic carbocycles. The third kappa shape index (κ3) is 11.3. The van der Waals surface area contributed by atoms with Crippen molar-refractivity contribution in [3.05, 3.63) is 11.6 Å². The zero-order valence-electron chi connectivity index (χ0n) is 44.5.